The first-order chi connectivity index (χ1) is 17.4. The molecule has 0 spiro atoms. The van der Waals surface area contributed by atoms with Gasteiger partial charge in [-0.25, -0.2) is 0 Å². The lowest BCUT2D eigenvalue weighted by Crippen LogP contribution is -2.38. The van der Waals surface area contributed by atoms with Crippen LogP contribution >= 0.6 is 0 Å². The van der Waals surface area contributed by atoms with Crippen LogP contribution in [0.1, 0.15) is 31.0 Å². The number of likely N-dealkylation sites (N-methyl/N-ethyl adjacent to an activating group) is 1. The molecule has 1 unspecified atom stereocenters. The van der Waals surface area contributed by atoms with E-state index >= 15 is 0 Å². The molecule has 9 nitrogen and oxygen atoms in total. The quantitative estimate of drug-likeness (QED) is 0.321. The lowest BCUT2D eigenvalue weighted by Gasteiger charge is -2.29. The van der Waals surface area contributed by atoms with E-state index in [2.05, 4.69) is 4.90 Å². The number of methoxy groups -OCH3 is 2. The second-order valence-electron chi connectivity index (χ2n) is 8.49. The Bertz CT molecular complexity index is 1170. The van der Waals surface area contributed by atoms with Crippen molar-refractivity contribution in [2.45, 2.75) is 19.9 Å². The Kier molecular flexibility index (Phi) is 7.69. The molecule has 0 saturated carbocycles. The lowest BCUT2D eigenvalue weighted by atomic mass is 9.94. The van der Waals surface area contributed by atoms with Gasteiger partial charge >= 0.3 is 0 Å². The van der Waals surface area contributed by atoms with Crippen molar-refractivity contribution in [2.75, 3.05) is 53.6 Å². The summed E-state index contributed by atoms with van der Waals surface area (Å²) in [5.74, 6) is 0.335. The fraction of sp³-hybridized carbons (Fsp3) is 0.407. The highest BCUT2D eigenvalue weighted by Gasteiger charge is 2.47. The van der Waals surface area contributed by atoms with Gasteiger partial charge in [-0.15, -0.1) is 0 Å². The first kappa shape index (κ1) is 25.4. The highest BCUT2D eigenvalue weighted by atomic mass is 16.6. The minimum atomic E-state index is -0.862. The summed E-state index contributed by atoms with van der Waals surface area (Å²) < 4.78 is 22.2. The molecule has 1 saturated heterocycles. The van der Waals surface area contributed by atoms with Crippen LogP contribution < -0.4 is 18.9 Å². The van der Waals surface area contributed by atoms with E-state index in [1.807, 2.05) is 13.8 Å². The monoisotopic (exact) mass is 496 g/mol. The summed E-state index contributed by atoms with van der Waals surface area (Å²) in [6, 6.07) is 9.28. The molecule has 0 bridgehead atoms. The van der Waals surface area contributed by atoms with Crippen molar-refractivity contribution in [2.24, 2.45) is 0 Å². The van der Waals surface area contributed by atoms with E-state index in [9.17, 15) is 14.7 Å². The van der Waals surface area contributed by atoms with Crippen LogP contribution in [0.15, 0.2) is 42.0 Å². The number of hydrogen-bond donors (Lipinski definition) is 1. The number of nitrogens with zero attached hydrogens (tertiary/aromatic N) is 2. The fourth-order valence-electron chi connectivity index (χ4n) is 4.62. The van der Waals surface area contributed by atoms with E-state index in [1.165, 1.54) is 19.1 Å². The van der Waals surface area contributed by atoms with Gasteiger partial charge in [-0.05, 0) is 49.5 Å². The average Bonchev–Trinajstić information content (AvgIpc) is 3.17. The number of rotatable bonds is 9. The Hall–Kier alpha value is -3.72. The predicted octanol–water partition coefficient (Wildman–Crippen LogP) is 3.24. The molecule has 36 heavy (non-hydrogen) atoms. The summed E-state index contributed by atoms with van der Waals surface area (Å²) in [5, 5.41) is 11.4. The molecule has 0 radical (unpaired) electrons. The number of carbonyl (C=O) groups is 2. The maximum absolute atomic E-state index is 13.4. The minimum absolute atomic E-state index is 0.0113. The van der Waals surface area contributed by atoms with E-state index in [0.717, 1.165) is 13.1 Å². The number of aliphatic hydroxyl groups excluding tert-OH is 1. The molecular weight excluding hydrogens is 464 g/mol. The van der Waals surface area contributed by atoms with Gasteiger partial charge in [0.2, 0.25) is 0 Å². The van der Waals surface area contributed by atoms with Crippen molar-refractivity contribution in [1.29, 1.82) is 0 Å². The molecule has 2 aromatic rings. The standard InChI is InChI=1S/C27H32N2O7/c1-5-28(6-2)11-12-29-24(19-16-18(33-3)8-10-20(19)34-4)23(26(31)27(29)32)25(30)17-7-9-21-22(15-17)36-14-13-35-21/h7-10,15-16,24,30H,5-6,11-14H2,1-4H3/b25-23+. The number of carbonyl (C=O) groups excluding carboxylic acids is 2. The van der Waals surface area contributed by atoms with Crippen LogP contribution in [0.2, 0.25) is 0 Å². The normalized spacial score (nSPS) is 18.6. The highest BCUT2D eigenvalue weighted by Crippen LogP contribution is 2.44. The van der Waals surface area contributed by atoms with E-state index in [4.69, 9.17) is 18.9 Å². The van der Waals surface area contributed by atoms with Gasteiger partial charge in [0, 0.05) is 24.2 Å². The van der Waals surface area contributed by atoms with Gasteiger partial charge in [0.05, 0.1) is 25.8 Å². The lowest BCUT2D eigenvalue weighted by molar-refractivity contribution is -0.140. The minimum Gasteiger partial charge on any atom is -0.507 e. The number of ether oxygens (including phenoxy) is 4. The fourth-order valence-corrected chi connectivity index (χ4v) is 4.62. The number of benzene rings is 2. The number of likely N-dealkylation sites (tertiary alicyclic amines) is 1. The SMILES string of the molecule is CCN(CC)CCN1C(=O)C(=O)/C(=C(/O)c2ccc3c(c2)OCCO3)C1c1cc(OC)ccc1OC. The zero-order chi connectivity index (χ0) is 25.8. The average molecular weight is 497 g/mol. The highest BCUT2D eigenvalue weighted by molar-refractivity contribution is 6.46. The van der Waals surface area contributed by atoms with Gasteiger partial charge < -0.3 is 33.9 Å². The summed E-state index contributed by atoms with van der Waals surface area (Å²) in [7, 11) is 3.06. The molecule has 0 aliphatic carbocycles. The van der Waals surface area contributed by atoms with Crippen LogP contribution in [-0.4, -0.2) is 80.2 Å². The van der Waals surface area contributed by atoms with Crippen molar-refractivity contribution in [1.82, 2.24) is 9.80 Å². The smallest absolute Gasteiger partial charge is 0.295 e. The molecule has 2 aliphatic heterocycles. The van der Waals surface area contributed by atoms with Gasteiger partial charge in [0.25, 0.3) is 11.7 Å². The first-order valence-electron chi connectivity index (χ1n) is 12.1. The molecule has 2 aliphatic rings. The summed E-state index contributed by atoms with van der Waals surface area (Å²) in [6.45, 7) is 7.40. The topological polar surface area (TPSA) is 97.8 Å². The molecule has 0 aromatic heterocycles. The number of hydrogen-bond acceptors (Lipinski definition) is 8. The van der Waals surface area contributed by atoms with Crippen LogP contribution in [0.5, 0.6) is 23.0 Å². The van der Waals surface area contributed by atoms with Gasteiger partial charge in [0.15, 0.2) is 11.5 Å². The second-order valence-corrected chi connectivity index (χ2v) is 8.49. The Morgan fingerprint density at radius 3 is 2.42 bits per heavy atom. The van der Waals surface area contributed by atoms with Gasteiger partial charge in [-0.1, -0.05) is 13.8 Å². The van der Waals surface area contributed by atoms with Crippen LogP contribution in [-0.2, 0) is 9.59 Å². The third-order valence-electron chi connectivity index (χ3n) is 6.64. The Labute approximate surface area is 210 Å². The Morgan fingerprint density at radius 1 is 1.03 bits per heavy atom. The Morgan fingerprint density at radius 2 is 1.75 bits per heavy atom. The molecule has 1 N–H and O–H groups in total. The number of aliphatic hydroxyl groups is 1. The molecule has 1 fully saturated rings. The number of Topliss-reactive ketones (excluding diaryl/α,β-unsaturated/α-hetero) is 1. The van der Waals surface area contributed by atoms with Gasteiger partial charge in [-0.3, -0.25) is 9.59 Å². The van der Waals surface area contributed by atoms with Crippen molar-refractivity contribution >= 4 is 17.4 Å². The van der Waals surface area contributed by atoms with Gasteiger partial charge in [0.1, 0.15) is 30.5 Å². The molecule has 1 amide bonds. The van der Waals surface area contributed by atoms with Crippen molar-refractivity contribution in [3.05, 3.63) is 53.1 Å². The third kappa shape index (κ3) is 4.70. The molecule has 4 rings (SSSR count). The molecule has 2 aromatic carbocycles. The maximum Gasteiger partial charge on any atom is 0.295 e. The van der Waals surface area contributed by atoms with Crippen LogP contribution in [0.4, 0.5) is 0 Å². The predicted molar refractivity (Wildman–Crippen MR) is 134 cm³/mol. The zero-order valence-corrected chi connectivity index (χ0v) is 21.1. The maximum atomic E-state index is 13.4. The molecule has 1 atom stereocenters. The second kappa shape index (κ2) is 10.9. The zero-order valence-electron chi connectivity index (χ0n) is 21.1. The molecule has 9 heteroatoms. The van der Waals surface area contributed by atoms with Gasteiger partial charge in [-0.2, -0.15) is 0 Å². The number of amides is 1. The largest absolute Gasteiger partial charge is 0.507 e. The van der Waals surface area contributed by atoms with Crippen LogP contribution in [0.25, 0.3) is 5.76 Å². The summed E-state index contributed by atoms with van der Waals surface area (Å²) in [5.41, 5.74) is 0.894. The van der Waals surface area contributed by atoms with E-state index in [0.29, 0.717) is 60.4 Å². The summed E-state index contributed by atoms with van der Waals surface area (Å²) in [4.78, 5) is 30.4. The van der Waals surface area contributed by atoms with Crippen molar-refractivity contribution in [3.63, 3.8) is 0 Å². The molecule has 2 heterocycles. The third-order valence-corrected chi connectivity index (χ3v) is 6.64. The van der Waals surface area contributed by atoms with E-state index < -0.39 is 17.7 Å². The Balaban J connectivity index is 1.86. The summed E-state index contributed by atoms with van der Waals surface area (Å²) in [6.07, 6.45) is 0. The molecule has 192 valence electrons. The summed E-state index contributed by atoms with van der Waals surface area (Å²) >= 11 is 0. The number of ketones is 1. The van der Waals surface area contributed by atoms with Crippen molar-refractivity contribution in [3.8, 4) is 23.0 Å². The van der Waals surface area contributed by atoms with E-state index in [1.54, 1.807) is 36.4 Å². The van der Waals surface area contributed by atoms with Crippen LogP contribution in [0.3, 0.4) is 0 Å². The molecular formula is C27H32N2O7. The van der Waals surface area contributed by atoms with Crippen LogP contribution in [0, 0.1) is 0 Å². The first-order valence-corrected chi connectivity index (χ1v) is 12.1. The van der Waals surface area contributed by atoms with E-state index in [-0.39, 0.29) is 11.3 Å². The number of fused-ring (bicyclic) bond motifs is 1. The van der Waals surface area contributed by atoms with Crippen molar-refractivity contribution < 1.29 is 33.6 Å².